The molecule has 3 heterocycles. The van der Waals surface area contributed by atoms with Crippen molar-refractivity contribution in [3.63, 3.8) is 0 Å². The van der Waals surface area contributed by atoms with E-state index in [1.807, 2.05) is 76.5 Å². The van der Waals surface area contributed by atoms with E-state index in [-0.39, 0.29) is 17.7 Å². The summed E-state index contributed by atoms with van der Waals surface area (Å²) in [5.74, 6) is 1.24. The van der Waals surface area contributed by atoms with Gasteiger partial charge in [0.05, 0.1) is 12.4 Å². The van der Waals surface area contributed by atoms with Crippen LogP contribution in [0.4, 0.5) is 17.3 Å². The highest BCUT2D eigenvalue weighted by atomic mass is 16.5. The normalized spacial score (nSPS) is 11.8. The number of rotatable bonds is 8. The first kappa shape index (κ1) is 22.0. The van der Waals surface area contributed by atoms with Crippen LogP contribution in [0, 0.1) is 11.3 Å². The van der Waals surface area contributed by atoms with Gasteiger partial charge >= 0.3 is 0 Å². The highest BCUT2D eigenvalue weighted by molar-refractivity contribution is 5.79. The van der Waals surface area contributed by atoms with Crippen molar-refractivity contribution in [2.24, 2.45) is 7.05 Å². The second kappa shape index (κ2) is 9.40. The smallest absolute Gasteiger partial charge is 0.253 e. The van der Waals surface area contributed by atoms with Crippen molar-refractivity contribution >= 4 is 17.3 Å². The average molecular weight is 422 g/mol. The number of hydrogen-bond donors (Lipinski definition) is 1. The first-order chi connectivity index (χ1) is 14.8. The Morgan fingerprint density at radius 3 is 2.55 bits per heavy atom. The largest absolute Gasteiger partial charge is 0.471 e. The molecule has 1 atom stereocenters. The van der Waals surface area contributed by atoms with Crippen LogP contribution in [0.15, 0.2) is 30.9 Å². The van der Waals surface area contributed by atoms with Gasteiger partial charge in [0.1, 0.15) is 18.0 Å². The summed E-state index contributed by atoms with van der Waals surface area (Å²) >= 11 is 0. The van der Waals surface area contributed by atoms with Gasteiger partial charge in [0.15, 0.2) is 5.82 Å². The predicted molar refractivity (Wildman–Crippen MR) is 119 cm³/mol. The number of nitrogens with zero attached hydrogens (tertiary/aromatic N) is 8. The van der Waals surface area contributed by atoms with Crippen LogP contribution >= 0.6 is 0 Å². The molecular weight excluding hydrogens is 394 g/mol. The Labute approximate surface area is 182 Å². The highest BCUT2D eigenvalue weighted by Gasteiger charge is 2.15. The van der Waals surface area contributed by atoms with Crippen LogP contribution in [0.1, 0.15) is 12.6 Å². The Morgan fingerprint density at radius 1 is 1.16 bits per heavy atom. The molecular formula is C21H27N9O. The lowest BCUT2D eigenvalue weighted by atomic mass is 10.1. The molecule has 10 heteroatoms. The lowest BCUT2D eigenvalue weighted by Crippen LogP contribution is -2.28. The van der Waals surface area contributed by atoms with Crippen molar-refractivity contribution in [1.82, 2.24) is 29.6 Å². The molecule has 0 saturated heterocycles. The molecule has 0 radical (unpaired) electrons. The summed E-state index contributed by atoms with van der Waals surface area (Å²) in [6.45, 7) is 2.61. The summed E-state index contributed by atoms with van der Waals surface area (Å²) in [6.07, 6.45) is 6.89. The van der Waals surface area contributed by atoms with Gasteiger partial charge < -0.3 is 19.9 Å². The summed E-state index contributed by atoms with van der Waals surface area (Å²) in [5, 5.41) is 16.7. The minimum absolute atomic E-state index is 0.144. The van der Waals surface area contributed by atoms with Gasteiger partial charge in [-0.2, -0.15) is 15.3 Å². The number of ether oxygens (including phenoxy) is 1. The van der Waals surface area contributed by atoms with E-state index in [2.05, 4.69) is 25.4 Å². The van der Waals surface area contributed by atoms with Gasteiger partial charge in [-0.25, -0.2) is 9.97 Å². The number of aromatic nitrogens is 5. The van der Waals surface area contributed by atoms with Gasteiger partial charge in [-0.1, -0.05) is 0 Å². The fraction of sp³-hybridized carbons (Fsp3) is 0.381. The molecule has 3 aromatic heterocycles. The maximum Gasteiger partial charge on any atom is 0.253 e. The Bertz CT molecular complexity index is 1080. The SMILES string of the molecule is CC(CN(C)C)Oc1nc(Nc2cc(N(C)C)c(-c3cnn(C)c3)cn2)cnc1C#N. The third-order valence-corrected chi connectivity index (χ3v) is 4.42. The standard InChI is InChI=1S/C21H27N9O/c1-14(12-28(2)3)31-21-17(8-22)23-11-20(27-21)26-19-7-18(29(4)5)16(10-24-19)15-9-25-30(6)13-15/h7,9-11,13-14H,12H2,1-6H3,(H,24,26,27). The third-order valence-electron chi connectivity index (χ3n) is 4.42. The van der Waals surface area contributed by atoms with E-state index in [9.17, 15) is 5.26 Å². The van der Waals surface area contributed by atoms with Gasteiger partial charge in [-0.15, -0.1) is 0 Å². The minimum Gasteiger partial charge on any atom is -0.471 e. The molecule has 31 heavy (non-hydrogen) atoms. The number of aryl methyl sites for hydroxylation is 1. The summed E-state index contributed by atoms with van der Waals surface area (Å²) in [4.78, 5) is 17.2. The molecule has 0 aliphatic carbocycles. The van der Waals surface area contributed by atoms with E-state index in [1.54, 1.807) is 10.9 Å². The molecule has 1 N–H and O–H groups in total. The number of likely N-dealkylation sites (N-methyl/N-ethyl adjacent to an activating group) is 1. The maximum absolute atomic E-state index is 9.34. The quantitative estimate of drug-likeness (QED) is 0.586. The Hall–Kier alpha value is -3.71. The van der Waals surface area contributed by atoms with Crippen LogP contribution in [0.5, 0.6) is 5.88 Å². The summed E-state index contributed by atoms with van der Waals surface area (Å²) in [5.41, 5.74) is 3.07. The molecule has 162 valence electrons. The molecule has 0 saturated carbocycles. The number of nitriles is 1. The monoisotopic (exact) mass is 421 g/mol. The zero-order chi connectivity index (χ0) is 22.5. The van der Waals surface area contributed by atoms with Crippen LogP contribution in [0.2, 0.25) is 0 Å². The zero-order valence-corrected chi connectivity index (χ0v) is 18.7. The lowest BCUT2D eigenvalue weighted by molar-refractivity contribution is 0.169. The molecule has 0 aliphatic rings. The van der Waals surface area contributed by atoms with Crippen LogP contribution in [0.25, 0.3) is 11.1 Å². The van der Waals surface area contributed by atoms with E-state index < -0.39 is 0 Å². The Balaban J connectivity index is 1.87. The van der Waals surface area contributed by atoms with Gasteiger partial charge in [-0.05, 0) is 21.0 Å². The van der Waals surface area contributed by atoms with Gasteiger partial charge in [-0.3, -0.25) is 4.68 Å². The second-order valence-electron chi connectivity index (χ2n) is 7.72. The number of nitrogens with one attached hydrogen (secondary N) is 1. The topological polar surface area (TPSA) is 108 Å². The van der Waals surface area contributed by atoms with Crippen LogP contribution in [0.3, 0.4) is 0 Å². The van der Waals surface area contributed by atoms with E-state index in [1.165, 1.54) is 6.20 Å². The molecule has 0 fully saturated rings. The summed E-state index contributed by atoms with van der Waals surface area (Å²) in [7, 11) is 9.73. The van der Waals surface area contributed by atoms with Gasteiger partial charge in [0.2, 0.25) is 5.69 Å². The van der Waals surface area contributed by atoms with Crippen LogP contribution in [-0.2, 0) is 7.05 Å². The average Bonchev–Trinajstić information content (AvgIpc) is 3.13. The summed E-state index contributed by atoms with van der Waals surface area (Å²) < 4.78 is 7.61. The lowest BCUT2D eigenvalue weighted by Gasteiger charge is -2.19. The molecule has 3 aromatic rings. The molecule has 1 unspecified atom stereocenters. The van der Waals surface area contributed by atoms with Crippen molar-refractivity contribution < 1.29 is 4.74 Å². The van der Waals surface area contributed by atoms with Crippen molar-refractivity contribution in [3.05, 3.63) is 36.5 Å². The predicted octanol–water partition coefficient (Wildman–Crippen LogP) is 2.28. The fourth-order valence-electron chi connectivity index (χ4n) is 3.13. The Morgan fingerprint density at radius 2 is 1.94 bits per heavy atom. The molecule has 3 rings (SSSR count). The van der Waals surface area contributed by atoms with E-state index in [0.717, 1.165) is 16.8 Å². The number of pyridine rings is 1. The first-order valence-electron chi connectivity index (χ1n) is 9.78. The minimum atomic E-state index is -0.149. The van der Waals surface area contributed by atoms with E-state index >= 15 is 0 Å². The van der Waals surface area contributed by atoms with Crippen molar-refractivity contribution in [1.29, 1.82) is 5.26 Å². The summed E-state index contributed by atoms with van der Waals surface area (Å²) in [6, 6.07) is 3.95. The molecule has 0 bridgehead atoms. The molecule has 0 aliphatic heterocycles. The maximum atomic E-state index is 9.34. The zero-order valence-electron chi connectivity index (χ0n) is 18.7. The van der Waals surface area contributed by atoms with Crippen molar-refractivity contribution in [3.8, 4) is 23.1 Å². The Kier molecular flexibility index (Phi) is 6.67. The molecule has 0 spiro atoms. The van der Waals surface area contributed by atoms with Crippen molar-refractivity contribution in [2.45, 2.75) is 13.0 Å². The fourth-order valence-corrected chi connectivity index (χ4v) is 3.13. The highest BCUT2D eigenvalue weighted by Crippen LogP contribution is 2.31. The molecule has 0 aromatic carbocycles. The second-order valence-corrected chi connectivity index (χ2v) is 7.72. The van der Waals surface area contributed by atoms with E-state index in [0.29, 0.717) is 18.2 Å². The van der Waals surface area contributed by atoms with Gasteiger partial charge in [0.25, 0.3) is 5.88 Å². The van der Waals surface area contributed by atoms with Gasteiger partial charge in [0, 0.05) is 63.0 Å². The van der Waals surface area contributed by atoms with E-state index in [4.69, 9.17) is 4.74 Å². The van der Waals surface area contributed by atoms with Crippen LogP contribution < -0.4 is 15.0 Å². The first-order valence-corrected chi connectivity index (χ1v) is 9.78. The molecule has 0 amide bonds. The number of anilines is 3. The third kappa shape index (κ3) is 5.46. The number of hydrogen-bond acceptors (Lipinski definition) is 9. The van der Waals surface area contributed by atoms with Crippen molar-refractivity contribution in [2.75, 3.05) is 45.0 Å². The molecule has 10 nitrogen and oxygen atoms in total. The van der Waals surface area contributed by atoms with Crippen LogP contribution in [-0.4, -0.2) is 70.5 Å².